The second kappa shape index (κ2) is 6.54. The summed E-state index contributed by atoms with van der Waals surface area (Å²) in [5, 5.41) is 4.26. The van der Waals surface area contributed by atoms with Crippen LogP contribution in [0.2, 0.25) is 19.6 Å². The van der Waals surface area contributed by atoms with Gasteiger partial charge in [0.05, 0.1) is 8.07 Å². The van der Waals surface area contributed by atoms with Gasteiger partial charge in [0, 0.05) is 13.5 Å². The third-order valence-electron chi connectivity index (χ3n) is 2.77. The topological polar surface area (TPSA) is 29.1 Å². The van der Waals surface area contributed by atoms with Crippen molar-refractivity contribution in [2.75, 3.05) is 6.54 Å². The van der Waals surface area contributed by atoms with E-state index in [1.807, 2.05) is 0 Å². The van der Waals surface area contributed by atoms with Crippen LogP contribution in [0.15, 0.2) is 30.3 Å². The molecule has 0 unspecified atom stereocenters. The molecule has 18 heavy (non-hydrogen) atoms. The van der Waals surface area contributed by atoms with E-state index in [-0.39, 0.29) is 5.91 Å². The van der Waals surface area contributed by atoms with Crippen molar-refractivity contribution in [3.05, 3.63) is 35.9 Å². The van der Waals surface area contributed by atoms with Gasteiger partial charge in [-0.1, -0.05) is 61.2 Å². The predicted octanol–water partition coefficient (Wildman–Crippen LogP) is 2.77. The molecule has 0 aliphatic carbocycles. The van der Waals surface area contributed by atoms with Crippen LogP contribution in [-0.4, -0.2) is 20.5 Å². The molecule has 0 aliphatic heterocycles. The lowest BCUT2D eigenvalue weighted by molar-refractivity contribution is -0.118. The Morgan fingerprint density at radius 1 is 1.22 bits per heavy atom. The number of benzene rings is 1. The number of nitrogens with one attached hydrogen (secondary N) is 1. The highest BCUT2D eigenvalue weighted by Gasteiger charge is 2.15. The fourth-order valence-corrected chi connectivity index (χ4v) is 2.81. The maximum absolute atomic E-state index is 10.7. The Labute approximate surface area is 111 Å². The van der Waals surface area contributed by atoms with Crippen molar-refractivity contribution < 1.29 is 4.79 Å². The van der Waals surface area contributed by atoms with Crippen LogP contribution in [0.4, 0.5) is 0 Å². The molecule has 0 aliphatic rings. The van der Waals surface area contributed by atoms with Crippen molar-refractivity contribution in [3.63, 3.8) is 0 Å². The van der Waals surface area contributed by atoms with E-state index in [2.05, 4.69) is 61.4 Å². The van der Waals surface area contributed by atoms with E-state index in [0.29, 0.717) is 6.54 Å². The molecule has 0 spiro atoms. The zero-order valence-corrected chi connectivity index (χ0v) is 12.8. The van der Waals surface area contributed by atoms with E-state index < -0.39 is 8.07 Å². The molecule has 0 atom stereocenters. The van der Waals surface area contributed by atoms with Crippen molar-refractivity contribution in [2.45, 2.75) is 33.0 Å². The summed E-state index contributed by atoms with van der Waals surface area (Å²) < 4.78 is 0. The zero-order valence-electron chi connectivity index (χ0n) is 11.8. The van der Waals surface area contributed by atoms with Crippen LogP contribution in [0.5, 0.6) is 0 Å². The Morgan fingerprint density at radius 3 is 2.33 bits per heavy atom. The molecule has 0 bridgehead atoms. The molecule has 1 rings (SSSR count). The minimum absolute atomic E-state index is 0.0305. The summed E-state index contributed by atoms with van der Waals surface area (Å²) in [5.74, 6) is 0.0305. The lowest BCUT2D eigenvalue weighted by Gasteiger charge is -2.16. The highest BCUT2D eigenvalue weighted by Crippen LogP contribution is 2.06. The first-order chi connectivity index (χ1) is 8.39. The highest BCUT2D eigenvalue weighted by atomic mass is 28.3. The van der Waals surface area contributed by atoms with Crippen LogP contribution in [0.1, 0.15) is 18.9 Å². The third kappa shape index (κ3) is 5.32. The van der Waals surface area contributed by atoms with Crippen LogP contribution >= 0.6 is 0 Å². The first kappa shape index (κ1) is 14.7. The van der Waals surface area contributed by atoms with Gasteiger partial charge in [0.2, 0.25) is 5.91 Å². The lowest BCUT2D eigenvalue weighted by atomic mass is 10.2. The van der Waals surface area contributed by atoms with Crippen molar-refractivity contribution in [1.29, 1.82) is 0 Å². The highest BCUT2D eigenvalue weighted by molar-refractivity contribution is 6.88. The Balaban J connectivity index is 2.49. The van der Waals surface area contributed by atoms with Crippen molar-refractivity contribution in [1.82, 2.24) is 5.32 Å². The monoisotopic (exact) mass is 261 g/mol. The first-order valence-electron chi connectivity index (χ1n) is 6.41. The average Bonchev–Trinajstić information content (AvgIpc) is 2.27. The number of amides is 1. The molecule has 3 heteroatoms. The van der Waals surface area contributed by atoms with E-state index >= 15 is 0 Å². The summed E-state index contributed by atoms with van der Waals surface area (Å²) in [7, 11) is -1.18. The molecule has 1 aromatic carbocycles. The average molecular weight is 261 g/mol. The molecule has 1 N–H and O–H groups in total. The van der Waals surface area contributed by atoms with Crippen molar-refractivity contribution in [3.8, 4) is 0 Å². The van der Waals surface area contributed by atoms with Gasteiger partial charge in [-0.05, 0) is 12.0 Å². The van der Waals surface area contributed by atoms with Crippen LogP contribution < -0.4 is 10.5 Å². The summed E-state index contributed by atoms with van der Waals surface area (Å²) in [5.41, 5.74) is 1.22. The van der Waals surface area contributed by atoms with Crippen LogP contribution in [0.25, 0.3) is 6.08 Å². The van der Waals surface area contributed by atoms with E-state index in [0.717, 1.165) is 6.42 Å². The minimum Gasteiger partial charge on any atom is -0.356 e. The summed E-state index contributed by atoms with van der Waals surface area (Å²) >= 11 is 0. The van der Waals surface area contributed by atoms with Crippen LogP contribution in [-0.2, 0) is 4.79 Å². The molecule has 0 heterocycles. The van der Waals surface area contributed by atoms with E-state index in [4.69, 9.17) is 0 Å². The molecule has 0 aromatic heterocycles. The number of hydrogen-bond donors (Lipinski definition) is 1. The van der Waals surface area contributed by atoms with E-state index in [1.165, 1.54) is 10.8 Å². The molecule has 1 amide bonds. The molecule has 98 valence electrons. The summed E-state index contributed by atoms with van der Waals surface area (Å²) in [6.07, 6.45) is 5.07. The maximum Gasteiger partial charge on any atom is 0.216 e. The normalized spacial score (nSPS) is 11.8. The van der Waals surface area contributed by atoms with Crippen molar-refractivity contribution >= 4 is 25.2 Å². The predicted molar refractivity (Wildman–Crippen MR) is 81.8 cm³/mol. The Hall–Kier alpha value is -1.35. The maximum atomic E-state index is 10.7. The van der Waals surface area contributed by atoms with Gasteiger partial charge in [-0.15, -0.1) is 0 Å². The molecule has 2 nitrogen and oxygen atoms in total. The molecular weight excluding hydrogens is 238 g/mol. The summed E-state index contributed by atoms with van der Waals surface area (Å²) in [6.45, 7) is 9.31. The van der Waals surface area contributed by atoms with E-state index in [9.17, 15) is 4.79 Å². The number of rotatable bonds is 5. The Bertz CT molecular complexity index is 415. The fraction of sp³-hybridized carbons (Fsp3) is 0.400. The summed E-state index contributed by atoms with van der Waals surface area (Å²) in [4.78, 5) is 10.7. The number of hydrogen-bond acceptors (Lipinski definition) is 1. The second-order valence-corrected chi connectivity index (χ2v) is 10.6. The Morgan fingerprint density at radius 2 is 1.83 bits per heavy atom. The quantitative estimate of drug-likeness (QED) is 0.641. The standard InChI is InChI=1S/C15H23NOSi/c1-13(17)16-12-6-5-7-14-8-10-15(11-9-14)18(2,3)4/h5,7-11H,6,12H2,1-4H3,(H,16,17). The van der Waals surface area contributed by atoms with Crippen LogP contribution in [0.3, 0.4) is 0 Å². The minimum atomic E-state index is -1.18. The molecular formula is C15H23NOSi. The smallest absolute Gasteiger partial charge is 0.216 e. The third-order valence-corrected chi connectivity index (χ3v) is 4.84. The molecule has 0 saturated heterocycles. The second-order valence-electron chi connectivity index (χ2n) is 5.55. The largest absolute Gasteiger partial charge is 0.356 e. The lowest BCUT2D eigenvalue weighted by Crippen LogP contribution is -2.37. The van der Waals surface area contributed by atoms with Gasteiger partial charge >= 0.3 is 0 Å². The molecule has 1 aromatic rings. The van der Waals surface area contributed by atoms with Gasteiger partial charge < -0.3 is 5.32 Å². The number of carbonyl (C=O) groups excluding carboxylic acids is 1. The van der Waals surface area contributed by atoms with Gasteiger partial charge in [-0.2, -0.15) is 0 Å². The zero-order chi connectivity index (χ0) is 13.6. The first-order valence-corrected chi connectivity index (χ1v) is 9.91. The Kier molecular flexibility index (Phi) is 5.35. The van der Waals surface area contributed by atoms with Gasteiger partial charge in [0.25, 0.3) is 0 Å². The van der Waals surface area contributed by atoms with Crippen LogP contribution in [0, 0.1) is 0 Å². The number of carbonyl (C=O) groups is 1. The van der Waals surface area contributed by atoms with Gasteiger partial charge in [0.15, 0.2) is 0 Å². The fourth-order valence-electron chi connectivity index (χ4n) is 1.65. The SMILES string of the molecule is CC(=O)NCCC=Cc1ccc([Si](C)(C)C)cc1. The molecule has 0 radical (unpaired) electrons. The summed E-state index contributed by atoms with van der Waals surface area (Å²) in [6, 6.07) is 8.81. The molecule has 0 fully saturated rings. The van der Waals surface area contributed by atoms with Gasteiger partial charge in [0.1, 0.15) is 0 Å². The van der Waals surface area contributed by atoms with Crippen molar-refractivity contribution in [2.24, 2.45) is 0 Å². The van der Waals surface area contributed by atoms with Gasteiger partial charge in [-0.25, -0.2) is 0 Å². The van der Waals surface area contributed by atoms with E-state index in [1.54, 1.807) is 6.92 Å². The van der Waals surface area contributed by atoms with Gasteiger partial charge in [-0.3, -0.25) is 4.79 Å². The molecule has 0 saturated carbocycles.